The fourth-order valence-corrected chi connectivity index (χ4v) is 1.97. The minimum Gasteiger partial charge on any atom is -0.461 e. The van der Waals surface area contributed by atoms with Crippen LogP contribution in [0.1, 0.15) is 22.4 Å². The number of ether oxygens (including phenoxy) is 1. The Bertz CT molecular complexity index is 539. The van der Waals surface area contributed by atoms with Gasteiger partial charge in [-0.1, -0.05) is 17.4 Å². The van der Waals surface area contributed by atoms with Crippen LogP contribution in [0.5, 0.6) is 0 Å². The molecule has 88 valence electrons. The fraction of sp³-hybridized carbons (Fsp3) is 0.273. The van der Waals surface area contributed by atoms with Crippen LogP contribution in [-0.2, 0) is 4.74 Å². The smallest absolute Gasteiger partial charge is 0.369 e. The van der Waals surface area contributed by atoms with Crippen molar-refractivity contribution in [2.24, 2.45) is 0 Å². The second kappa shape index (κ2) is 5.01. The van der Waals surface area contributed by atoms with Crippen LogP contribution < -0.4 is 0 Å². The Balaban J connectivity index is 2.27. The van der Waals surface area contributed by atoms with E-state index in [1.54, 1.807) is 6.92 Å². The van der Waals surface area contributed by atoms with E-state index in [1.165, 1.54) is 11.3 Å². The zero-order chi connectivity index (χ0) is 12.3. The van der Waals surface area contributed by atoms with Gasteiger partial charge in [0, 0.05) is 5.69 Å². The van der Waals surface area contributed by atoms with Gasteiger partial charge in [0.15, 0.2) is 5.01 Å². The molecule has 0 saturated heterocycles. The van der Waals surface area contributed by atoms with Crippen LogP contribution in [0.25, 0.3) is 10.7 Å². The predicted octanol–water partition coefficient (Wildman–Crippen LogP) is 2.09. The van der Waals surface area contributed by atoms with E-state index in [2.05, 4.69) is 15.2 Å². The van der Waals surface area contributed by atoms with E-state index in [0.29, 0.717) is 11.6 Å². The molecule has 5 nitrogen and oxygen atoms in total. The van der Waals surface area contributed by atoms with Crippen molar-refractivity contribution in [1.29, 1.82) is 0 Å². The molecule has 0 aliphatic carbocycles. The number of hydrogen-bond acceptors (Lipinski definition) is 6. The Morgan fingerprint density at radius 3 is 2.94 bits per heavy atom. The van der Waals surface area contributed by atoms with Crippen LogP contribution in [0.3, 0.4) is 0 Å². The van der Waals surface area contributed by atoms with Crippen molar-refractivity contribution in [3.05, 3.63) is 28.9 Å². The van der Waals surface area contributed by atoms with Crippen molar-refractivity contribution >= 4 is 17.3 Å². The molecule has 2 aromatic rings. The lowest BCUT2D eigenvalue weighted by Crippen LogP contribution is -2.03. The summed E-state index contributed by atoms with van der Waals surface area (Å²) in [5.41, 5.74) is 1.62. The van der Waals surface area contributed by atoms with Crippen LogP contribution in [-0.4, -0.2) is 27.8 Å². The molecular weight excluding hydrogens is 238 g/mol. The first-order valence-corrected chi connectivity index (χ1v) is 5.97. The number of aromatic nitrogens is 3. The molecule has 0 amide bonds. The molecule has 0 radical (unpaired) electrons. The molecule has 2 heterocycles. The van der Waals surface area contributed by atoms with Gasteiger partial charge in [0.1, 0.15) is 5.69 Å². The molecule has 2 aromatic heterocycles. The first-order chi connectivity index (χ1) is 8.20. The molecule has 6 heteroatoms. The molecule has 0 spiro atoms. The number of aryl methyl sites for hydroxylation is 1. The van der Waals surface area contributed by atoms with Crippen molar-refractivity contribution in [2.75, 3.05) is 6.61 Å². The van der Waals surface area contributed by atoms with Crippen LogP contribution >= 0.6 is 11.3 Å². The quantitative estimate of drug-likeness (QED) is 0.779. The summed E-state index contributed by atoms with van der Waals surface area (Å²) in [6.45, 7) is 3.98. The minimum absolute atomic E-state index is 0.255. The molecule has 0 fully saturated rings. The molecule has 2 rings (SSSR count). The normalized spacial score (nSPS) is 10.2. The number of carbonyl (C=O) groups excluding carboxylic acids is 1. The summed E-state index contributed by atoms with van der Waals surface area (Å²) in [5, 5.41) is 8.61. The third-order valence-electron chi connectivity index (χ3n) is 1.98. The number of hydrogen-bond donors (Lipinski definition) is 0. The van der Waals surface area contributed by atoms with E-state index in [0.717, 1.165) is 11.4 Å². The van der Waals surface area contributed by atoms with Gasteiger partial charge in [-0.05, 0) is 26.0 Å². The van der Waals surface area contributed by atoms with Crippen molar-refractivity contribution < 1.29 is 9.53 Å². The second-order valence-corrected chi connectivity index (χ2v) is 4.27. The largest absolute Gasteiger partial charge is 0.461 e. The van der Waals surface area contributed by atoms with Gasteiger partial charge < -0.3 is 4.74 Å². The van der Waals surface area contributed by atoms with E-state index >= 15 is 0 Å². The molecule has 0 aliphatic heterocycles. The first-order valence-electron chi connectivity index (χ1n) is 5.15. The van der Waals surface area contributed by atoms with E-state index in [-0.39, 0.29) is 5.01 Å². The molecule has 0 aliphatic rings. The lowest BCUT2D eigenvalue weighted by molar-refractivity contribution is 0.0525. The Morgan fingerprint density at radius 1 is 1.41 bits per heavy atom. The lowest BCUT2D eigenvalue weighted by Gasteiger charge is -1.96. The highest BCUT2D eigenvalue weighted by Gasteiger charge is 2.15. The maximum atomic E-state index is 11.4. The first kappa shape index (κ1) is 11.7. The van der Waals surface area contributed by atoms with Gasteiger partial charge in [-0.3, -0.25) is 4.98 Å². The number of rotatable bonds is 3. The monoisotopic (exact) mass is 249 g/mol. The summed E-state index contributed by atoms with van der Waals surface area (Å²) < 4.78 is 4.85. The summed E-state index contributed by atoms with van der Waals surface area (Å²) >= 11 is 1.18. The maximum Gasteiger partial charge on any atom is 0.369 e. The topological polar surface area (TPSA) is 65.0 Å². The molecule has 0 bridgehead atoms. The summed E-state index contributed by atoms with van der Waals surface area (Å²) in [6.07, 6.45) is 0. The van der Waals surface area contributed by atoms with Crippen molar-refractivity contribution in [1.82, 2.24) is 15.2 Å². The highest BCUT2D eigenvalue weighted by molar-refractivity contribution is 7.16. The molecule has 0 saturated carbocycles. The third kappa shape index (κ3) is 2.65. The van der Waals surface area contributed by atoms with E-state index < -0.39 is 5.97 Å². The van der Waals surface area contributed by atoms with Gasteiger partial charge in [0.25, 0.3) is 0 Å². The zero-order valence-electron chi connectivity index (χ0n) is 9.51. The summed E-state index contributed by atoms with van der Waals surface area (Å²) in [5.74, 6) is -0.441. The average Bonchev–Trinajstić information content (AvgIpc) is 2.78. The van der Waals surface area contributed by atoms with Crippen molar-refractivity contribution in [3.63, 3.8) is 0 Å². The Morgan fingerprint density at radius 2 is 2.24 bits per heavy atom. The van der Waals surface area contributed by atoms with Crippen molar-refractivity contribution in [2.45, 2.75) is 13.8 Å². The zero-order valence-corrected chi connectivity index (χ0v) is 10.3. The molecule has 0 unspecified atom stereocenters. The van der Waals surface area contributed by atoms with Crippen LogP contribution in [0.2, 0.25) is 0 Å². The number of carbonyl (C=O) groups is 1. The lowest BCUT2D eigenvalue weighted by atomic mass is 10.3. The molecule has 0 aromatic carbocycles. The summed E-state index contributed by atoms with van der Waals surface area (Å²) in [6, 6.07) is 5.63. The van der Waals surface area contributed by atoms with E-state index in [9.17, 15) is 4.79 Å². The standard InChI is InChI=1S/C11H11N3O2S/c1-3-16-11(15)10-14-13-9(17-10)8-6-4-5-7(2)12-8/h4-6H,3H2,1-2H3. The Hall–Kier alpha value is -1.82. The second-order valence-electron chi connectivity index (χ2n) is 3.30. The Kier molecular flexibility index (Phi) is 3.43. The van der Waals surface area contributed by atoms with Gasteiger partial charge >= 0.3 is 5.97 Å². The van der Waals surface area contributed by atoms with Gasteiger partial charge in [-0.15, -0.1) is 10.2 Å². The van der Waals surface area contributed by atoms with Crippen LogP contribution in [0.4, 0.5) is 0 Å². The predicted molar refractivity (Wildman–Crippen MR) is 63.8 cm³/mol. The number of pyridine rings is 1. The van der Waals surface area contributed by atoms with Crippen LogP contribution in [0, 0.1) is 6.92 Å². The van der Waals surface area contributed by atoms with E-state index in [4.69, 9.17) is 4.74 Å². The van der Waals surface area contributed by atoms with Gasteiger partial charge in [-0.25, -0.2) is 4.79 Å². The minimum atomic E-state index is -0.441. The van der Waals surface area contributed by atoms with Crippen molar-refractivity contribution in [3.8, 4) is 10.7 Å². The average molecular weight is 249 g/mol. The van der Waals surface area contributed by atoms with Gasteiger partial charge in [-0.2, -0.15) is 0 Å². The molecule has 0 atom stereocenters. The Labute approximate surface area is 102 Å². The maximum absolute atomic E-state index is 11.4. The van der Waals surface area contributed by atoms with E-state index in [1.807, 2.05) is 25.1 Å². The van der Waals surface area contributed by atoms with Gasteiger partial charge in [0.2, 0.25) is 5.01 Å². The van der Waals surface area contributed by atoms with Crippen LogP contribution in [0.15, 0.2) is 18.2 Å². The SMILES string of the molecule is CCOC(=O)c1nnc(-c2cccc(C)n2)s1. The molecule has 0 N–H and O–H groups in total. The third-order valence-corrected chi connectivity index (χ3v) is 2.91. The number of nitrogens with zero attached hydrogens (tertiary/aromatic N) is 3. The van der Waals surface area contributed by atoms with Gasteiger partial charge in [0.05, 0.1) is 6.61 Å². The molecular formula is C11H11N3O2S. The molecule has 17 heavy (non-hydrogen) atoms. The fourth-order valence-electron chi connectivity index (χ4n) is 1.26. The highest BCUT2D eigenvalue weighted by Crippen LogP contribution is 2.22. The summed E-state index contributed by atoms with van der Waals surface area (Å²) in [7, 11) is 0. The number of esters is 1. The highest BCUT2D eigenvalue weighted by atomic mass is 32.1. The summed E-state index contributed by atoms with van der Waals surface area (Å²) in [4.78, 5) is 15.7.